The average molecular weight is 290 g/mol. The highest BCUT2D eigenvalue weighted by atomic mass is 16.7. The molecule has 0 radical (unpaired) electrons. The maximum absolute atomic E-state index is 12.4. The Morgan fingerprint density at radius 2 is 2.33 bits per heavy atom. The van der Waals surface area contributed by atoms with E-state index in [2.05, 4.69) is 12.2 Å². The van der Waals surface area contributed by atoms with Crippen molar-refractivity contribution in [3.63, 3.8) is 0 Å². The number of carbonyl (C=O) groups excluding carboxylic acids is 1. The first-order chi connectivity index (χ1) is 10.1. The third kappa shape index (κ3) is 2.83. The van der Waals surface area contributed by atoms with Crippen LogP contribution in [0.15, 0.2) is 18.2 Å². The summed E-state index contributed by atoms with van der Waals surface area (Å²) in [5.74, 6) is 1.90. The average Bonchev–Trinajstić information content (AvgIpc) is 2.93. The Morgan fingerprint density at radius 3 is 3.14 bits per heavy atom. The molecule has 1 heterocycles. The molecule has 2 unspecified atom stereocenters. The molecule has 2 atom stereocenters. The van der Waals surface area contributed by atoms with Gasteiger partial charge in [0.1, 0.15) is 0 Å². The van der Waals surface area contributed by atoms with Gasteiger partial charge in [0.25, 0.3) is 0 Å². The lowest BCUT2D eigenvalue weighted by atomic mass is 9.76. The summed E-state index contributed by atoms with van der Waals surface area (Å²) >= 11 is 0. The quantitative estimate of drug-likeness (QED) is 0.892. The summed E-state index contributed by atoms with van der Waals surface area (Å²) in [5.41, 5.74) is 6.49. The van der Waals surface area contributed by atoms with Gasteiger partial charge in [-0.2, -0.15) is 0 Å². The van der Waals surface area contributed by atoms with Gasteiger partial charge in [-0.15, -0.1) is 0 Å². The molecule has 0 aromatic heterocycles. The molecule has 5 heteroatoms. The molecular weight excluding hydrogens is 268 g/mol. The number of benzene rings is 1. The lowest BCUT2D eigenvalue weighted by Gasteiger charge is -2.35. The number of para-hydroxylation sites is 1. The first-order valence-corrected chi connectivity index (χ1v) is 7.53. The lowest BCUT2D eigenvalue weighted by molar-refractivity contribution is -0.128. The predicted molar refractivity (Wildman–Crippen MR) is 79.0 cm³/mol. The number of hydrogen-bond donors (Lipinski definition) is 2. The van der Waals surface area contributed by atoms with Crippen molar-refractivity contribution in [1.29, 1.82) is 0 Å². The number of amides is 1. The number of nitrogens with one attached hydrogen (secondary N) is 1. The Bertz CT molecular complexity index is 546. The smallest absolute Gasteiger partial charge is 0.240 e. The number of rotatable bonds is 3. The van der Waals surface area contributed by atoms with Crippen LogP contribution in [0, 0.1) is 5.92 Å². The Morgan fingerprint density at radius 1 is 1.48 bits per heavy atom. The first-order valence-electron chi connectivity index (χ1n) is 7.53. The van der Waals surface area contributed by atoms with Crippen LogP contribution in [0.25, 0.3) is 0 Å². The minimum Gasteiger partial charge on any atom is -0.454 e. The monoisotopic (exact) mass is 290 g/mol. The zero-order chi connectivity index (χ0) is 14.9. The van der Waals surface area contributed by atoms with Crippen LogP contribution in [-0.2, 0) is 11.3 Å². The number of fused-ring (bicyclic) bond motifs is 1. The normalized spacial score (nSPS) is 27.4. The summed E-state index contributed by atoms with van der Waals surface area (Å²) in [4.78, 5) is 12.4. The Balaban J connectivity index is 1.65. The van der Waals surface area contributed by atoms with Crippen LogP contribution >= 0.6 is 0 Å². The van der Waals surface area contributed by atoms with E-state index in [-0.39, 0.29) is 12.7 Å². The van der Waals surface area contributed by atoms with Crippen molar-refractivity contribution in [2.45, 2.75) is 44.7 Å². The Labute approximate surface area is 124 Å². The van der Waals surface area contributed by atoms with E-state index in [1.807, 2.05) is 18.2 Å². The molecule has 0 saturated heterocycles. The molecule has 1 aromatic rings. The van der Waals surface area contributed by atoms with Crippen LogP contribution in [-0.4, -0.2) is 18.2 Å². The van der Waals surface area contributed by atoms with Crippen LogP contribution in [0.5, 0.6) is 11.5 Å². The highest BCUT2D eigenvalue weighted by Gasteiger charge is 2.37. The summed E-state index contributed by atoms with van der Waals surface area (Å²) in [6, 6.07) is 5.69. The molecule has 21 heavy (non-hydrogen) atoms. The first kappa shape index (κ1) is 14.2. The van der Waals surface area contributed by atoms with Gasteiger partial charge in [-0.05, 0) is 24.8 Å². The lowest BCUT2D eigenvalue weighted by Crippen LogP contribution is -2.56. The van der Waals surface area contributed by atoms with Crippen molar-refractivity contribution in [3.8, 4) is 11.5 Å². The van der Waals surface area contributed by atoms with Crippen molar-refractivity contribution in [1.82, 2.24) is 5.32 Å². The van der Waals surface area contributed by atoms with E-state index in [0.29, 0.717) is 12.5 Å². The standard InChI is InChI=1S/C16H22N2O3/c1-11-4-3-7-16(17,8-11)15(19)18-9-12-5-2-6-13-14(12)21-10-20-13/h2,5-6,11H,3-4,7-10,17H2,1H3,(H,18,19). The van der Waals surface area contributed by atoms with Crippen molar-refractivity contribution < 1.29 is 14.3 Å². The number of carbonyl (C=O) groups is 1. The topological polar surface area (TPSA) is 73.6 Å². The van der Waals surface area contributed by atoms with E-state index in [1.54, 1.807) is 0 Å². The Kier molecular flexibility index (Phi) is 3.76. The number of hydrogen-bond acceptors (Lipinski definition) is 4. The maximum atomic E-state index is 12.4. The fourth-order valence-electron chi connectivity index (χ4n) is 3.28. The summed E-state index contributed by atoms with van der Waals surface area (Å²) in [7, 11) is 0. The van der Waals surface area contributed by atoms with Crippen LogP contribution in [0.3, 0.4) is 0 Å². The van der Waals surface area contributed by atoms with Gasteiger partial charge < -0.3 is 20.5 Å². The van der Waals surface area contributed by atoms with Gasteiger partial charge in [-0.1, -0.05) is 31.9 Å². The van der Waals surface area contributed by atoms with Gasteiger partial charge in [0.2, 0.25) is 12.7 Å². The van der Waals surface area contributed by atoms with Crippen LogP contribution in [0.1, 0.15) is 38.2 Å². The van der Waals surface area contributed by atoms with Gasteiger partial charge in [-0.3, -0.25) is 4.79 Å². The highest BCUT2D eigenvalue weighted by Crippen LogP contribution is 2.35. The van der Waals surface area contributed by atoms with E-state index < -0.39 is 5.54 Å². The second-order valence-electron chi connectivity index (χ2n) is 6.19. The molecule has 1 saturated carbocycles. The van der Waals surface area contributed by atoms with Gasteiger partial charge >= 0.3 is 0 Å². The van der Waals surface area contributed by atoms with Gasteiger partial charge in [0, 0.05) is 12.1 Å². The fraction of sp³-hybridized carbons (Fsp3) is 0.562. The third-order valence-corrected chi connectivity index (χ3v) is 4.40. The summed E-state index contributed by atoms with van der Waals surface area (Å²) in [6.45, 7) is 2.81. The molecule has 1 fully saturated rings. The number of nitrogens with two attached hydrogens (primary N) is 1. The summed E-state index contributed by atoms with van der Waals surface area (Å²) < 4.78 is 10.8. The van der Waals surface area contributed by atoms with Crippen LogP contribution in [0.2, 0.25) is 0 Å². The van der Waals surface area contributed by atoms with Gasteiger partial charge in [0.05, 0.1) is 5.54 Å². The third-order valence-electron chi connectivity index (χ3n) is 4.40. The van der Waals surface area contributed by atoms with E-state index in [1.165, 1.54) is 0 Å². The van der Waals surface area contributed by atoms with E-state index in [9.17, 15) is 4.79 Å². The zero-order valence-electron chi connectivity index (χ0n) is 12.4. The highest BCUT2D eigenvalue weighted by molar-refractivity contribution is 5.86. The summed E-state index contributed by atoms with van der Waals surface area (Å²) in [5, 5.41) is 2.96. The van der Waals surface area contributed by atoms with Crippen molar-refractivity contribution in [3.05, 3.63) is 23.8 Å². The fourth-order valence-corrected chi connectivity index (χ4v) is 3.28. The molecule has 1 amide bonds. The summed E-state index contributed by atoms with van der Waals surface area (Å²) in [6.07, 6.45) is 3.69. The SMILES string of the molecule is CC1CCCC(N)(C(=O)NCc2cccc3c2OCO3)C1. The Hall–Kier alpha value is -1.75. The van der Waals surface area contributed by atoms with E-state index in [4.69, 9.17) is 15.2 Å². The van der Waals surface area contributed by atoms with Gasteiger partial charge in [-0.25, -0.2) is 0 Å². The molecule has 1 aromatic carbocycles. The van der Waals surface area contributed by atoms with E-state index >= 15 is 0 Å². The molecule has 1 aliphatic carbocycles. The molecule has 5 nitrogen and oxygen atoms in total. The molecule has 0 spiro atoms. The molecule has 114 valence electrons. The molecule has 0 bridgehead atoms. The number of ether oxygens (including phenoxy) is 2. The zero-order valence-corrected chi connectivity index (χ0v) is 12.4. The van der Waals surface area contributed by atoms with Gasteiger partial charge in [0.15, 0.2) is 11.5 Å². The molecule has 2 aliphatic rings. The second-order valence-corrected chi connectivity index (χ2v) is 6.19. The van der Waals surface area contributed by atoms with Crippen molar-refractivity contribution >= 4 is 5.91 Å². The van der Waals surface area contributed by atoms with Crippen LogP contribution in [0.4, 0.5) is 0 Å². The van der Waals surface area contributed by atoms with Crippen LogP contribution < -0.4 is 20.5 Å². The minimum atomic E-state index is -0.729. The van der Waals surface area contributed by atoms with Crippen molar-refractivity contribution in [2.75, 3.05) is 6.79 Å². The largest absolute Gasteiger partial charge is 0.454 e. The second kappa shape index (κ2) is 5.56. The predicted octanol–water partition coefficient (Wildman–Crippen LogP) is 1.94. The molecule has 3 rings (SSSR count). The minimum absolute atomic E-state index is 0.0643. The van der Waals surface area contributed by atoms with Crippen molar-refractivity contribution in [2.24, 2.45) is 11.7 Å². The maximum Gasteiger partial charge on any atom is 0.240 e. The molecule has 1 aliphatic heterocycles. The molecule has 3 N–H and O–H groups in total. The molecular formula is C16H22N2O3. The van der Waals surface area contributed by atoms with E-state index in [0.717, 1.165) is 42.7 Å².